The van der Waals surface area contributed by atoms with Gasteiger partial charge in [0.15, 0.2) is 0 Å². The summed E-state index contributed by atoms with van der Waals surface area (Å²) in [6, 6.07) is 12.0. The fourth-order valence-corrected chi connectivity index (χ4v) is 6.28. The van der Waals surface area contributed by atoms with Gasteiger partial charge < -0.3 is 9.80 Å². The van der Waals surface area contributed by atoms with Crippen molar-refractivity contribution >= 4 is 44.8 Å². The highest BCUT2D eigenvalue weighted by Crippen LogP contribution is 2.28. The van der Waals surface area contributed by atoms with Crippen LogP contribution in [-0.4, -0.2) is 62.8 Å². The molecule has 0 saturated carbocycles. The first-order chi connectivity index (χ1) is 15.3. The number of piperidine rings is 1. The predicted octanol–water partition coefficient (Wildman–Crippen LogP) is 4.05. The molecular formula is C23H27Cl2N3O3S. The Balaban J connectivity index is 1.39. The second kappa shape index (κ2) is 9.59. The van der Waals surface area contributed by atoms with Gasteiger partial charge in [0.25, 0.3) is 0 Å². The van der Waals surface area contributed by atoms with Crippen LogP contribution in [0.15, 0.2) is 47.4 Å². The molecule has 0 radical (unpaired) electrons. The molecule has 1 atom stereocenters. The minimum atomic E-state index is -3.65. The van der Waals surface area contributed by atoms with Crippen molar-refractivity contribution in [2.24, 2.45) is 5.92 Å². The summed E-state index contributed by atoms with van der Waals surface area (Å²) in [4.78, 5) is 17.6. The van der Waals surface area contributed by atoms with E-state index < -0.39 is 10.0 Å². The van der Waals surface area contributed by atoms with E-state index in [4.69, 9.17) is 23.2 Å². The molecule has 0 aliphatic carbocycles. The molecular weight excluding hydrogens is 469 g/mol. The van der Waals surface area contributed by atoms with Crippen molar-refractivity contribution < 1.29 is 13.2 Å². The third-order valence-corrected chi connectivity index (χ3v) is 8.65. The molecule has 1 amide bonds. The molecule has 0 bridgehead atoms. The summed E-state index contributed by atoms with van der Waals surface area (Å²) in [6.45, 7) is 5.39. The van der Waals surface area contributed by atoms with Crippen LogP contribution in [0.4, 0.5) is 5.69 Å². The van der Waals surface area contributed by atoms with E-state index in [-0.39, 0.29) is 23.3 Å². The SMILES string of the molecule is Cc1ccc(Cl)cc1N1CCN(C(=O)[C@H]2CCCN(S(=O)(=O)c3ccc(Cl)cc3)C2)CC1. The lowest BCUT2D eigenvalue weighted by atomic mass is 9.97. The first-order valence-electron chi connectivity index (χ1n) is 10.8. The first-order valence-corrected chi connectivity index (χ1v) is 13.0. The molecule has 9 heteroatoms. The normalized spacial score (nSPS) is 20.4. The van der Waals surface area contributed by atoms with Crippen molar-refractivity contribution in [3.8, 4) is 0 Å². The topological polar surface area (TPSA) is 60.9 Å². The van der Waals surface area contributed by atoms with Crippen molar-refractivity contribution in [3.05, 3.63) is 58.1 Å². The molecule has 0 unspecified atom stereocenters. The van der Waals surface area contributed by atoms with Crippen LogP contribution in [0.2, 0.25) is 10.0 Å². The lowest BCUT2D eigenvalue weighted by Crippen LogP contribution is -2.53. The summed E-state index contributed by atoms with van der Waals surface area (Å²) in [5.74, 6) is -0.270. The van der Waals surface area contributed by atoms with Crippen molar-refractivity contribution in [1.29, 1.82) is 0 Å². The number of sulfonamides is 1. The summed E-state index contributed by atoms with van der Waals surface area (Å²) < 4.78 is 27.5. The van der Waals surface area contributed by atoms with Gasteiger partial charge in [-0.05, 0) is 61.7 Å². The van der Waals surface area contributed by atoms with Crippen molar-refractivity contribution in [2.45, 2.75) is 24.7 Å². The molecule has 172 valence electrons. The molecule has 0 spiro atoms. The van der Waals surface area contributed by atoms with Gasteiger partial charge in [-0.15, -0.1) is 0 Å². The predicted molar refractivity (Wildman–Crippen MR) is 128 cm³/mol. The molecule has 2 aliphatic heterocycles. The van der Waals surface area contributed by atoms with Crippen LogP contribution in [-0.2, 0) is 14.8 Å². The molecule has 4 rings (SSSR count). The highest BCUT2D eigenvalue weighted by molar-refractivity contribution is 7.89. The number of amides is 1. The zero-order valence-corrected chi connectivity index (χ0v) is 20.3. The van der Waals surface area contributed by atoms with Gasteiger partial charge in [0.2, 0.25) is 15.9 Å². The largest absolute Gasteiger partial charge is 0.368 e. The summed E-state index contributed by atoms with van der Waals surface area (Å²) in [7, 11) is -3.65. The lowest BCUT2D eigenvalue weighted by molar-refractivity contribution is -0.137. The van der Waals surface area contributed by atoms with E-state index in [1.807, 2.05) is 23.1 Å². The van der Waals surface area contributed by atoms with Gasteiger partial charge in [-0.2, -0.15) is 4.31 Å². The Morgan fingerprint density at radius 1 is 0.938 bits per heavy atom. The van der Waals surface area contributed by atoms with Gasteiger partial charge in [0.1, 0.15) is 0 Å². The van der Waals surface area contributed by atoms with E-state index in [1.165, 1.54) is 16.4 Å². The van der Waals surface area contributed by atoms with E-state index in [0.717, 1.165) is 24.3 Å². The zero-order valence-electron chi connectivity index (χ0n) is 18.0. The van der Waals surface area contributed by atoms with E-state index in [1.54, 1.807) is 12.1 Å². The van der Waals surface area contributed by atoms with Crippen LogP contribution < -0.4 is 4.90 Å². The maximum absolute atomic E-state index is 13.2. The summed E-state index contributed by atoms with van der Waals surface area (Å²) >= 11 is 12.1. The average molecular weight is 496 g/mol. The number of nitrogens with zero attached hydrogens (tertiary/aromatic N) is 3. The second-order valence-corrected chi connectivity index (χ2v) is 11.2. The molecule has 0 aromatic heterocycles. The highest BCUT2D eigenvalue weighted by atomic mass is 35.5. The minimum absolute atomic E-state index is 0.0449. The van der Waals surface area contributed by atoms with Crippen molar-refractivity contribution in [2.75, 3.05) is 44.2 Å². The summed E-state index contributed by atoms with van der Waals surface area (Å²) in [5.41, 5.74) is 2.26. The minimum Gasteiger partial charge on any atom is -0.368 e. The Bertz CT molecular complexity index is 1080. The number of anilines is 1. The lowest BCUT2D eigenvalue weighted by Gasteiger charge is -2.40. The summed E-state index contributed by atoms with van der Waals surface area (Å²) in [5, 5.41) is 1.19. The Labute approximate surface area is 199 Å². The second-order valence-electron chi connectivity index (χ2n) is 8.40. The number of hydrogen-bond donors (Lipinski definition) is 0. The van der Waals surface area contributed by atoms with E-state index >= 15 is 0 Å². The number of halogens is 2. The number of carbonyl (C=O) groups is 1. The molecule has 2 aromatic carbocycles. The fraction of sp³-hybridized carbons (Fsp3) is 0.435. The standard InChI is InChI=1S/C23H27Cl2N3O3S/c1-17-4-5-20(25)15-22(17)26-11-13-27(14-12-26)23(29)18-3-2-10-28(16-18)32(30,31)21-8-6-19(24)7-9-21/h4-9,15,18H,2-3,10-14,16H2,1H3/t18-/m0/s1. The Morgan fingerprint density at radius 3 is 2.28 bits per heavy atom. The number of carbonyl (C=O) groups excluding carboxylic acids is 1. The van der Waals surface area contributed by atoms with Crippen molar-refractivity contribution in [3.63, 3.8) is 0 Å². The van der Waals surface area contributed by atoms with Crippen LogP contribution in [0.3, 0.4) is 0 Å². The molecule has 6 nitrogen and oxygen atoms in total. The van der Waals surface area contributed by atoms with Crippen LogP contribution in [0, 0.1) is 12.8 Å². The molecule has 2 saturated heterocycles. The monoisotopic (exact) mass is 495 g/mol. The molecule has 2 heterocycles. The first kappa shape index (κ1) is 23.4. The molecule has 2 aromatic rings. The molecule has 2 aliphatic rings. The van der Waals surface area contributed by atoms with Crippen LogP contribution >= 0.6 is 23.2 Å². The van der Waals surface area contributed by atoms with Crippen LogP contribution in [0.25, 0.3) is 0 Å². The Morgan fingerprint density at radius 2 is 1.59 bits per heavy atom. The van der Waals surface area contributed by atoms with Gasteiger partial charge in [0, 0.05) is 55.0 Å². The molecule has 0 N–H and O–H groups in total. The van der Waals surface area contributed by atoms with Gasteiger partial charge in [-0.3, -0.25) is 4.79 Å². The maximum Gasteiger partial charge on any atom is 0.243 e. The fourth-order valence-electron chi connectivity index (χ4n) is 4.47. The zero-order chi connectivity index (χ0) is 22.9. The molecule has 2 fully saturated rings. The Kier molecular flexibility index (Phi) is 7.00. The van der Waals surface area contributed by atoms with Gasteiger partial charge in [0.05, 0.1) is 10.8 Å². The van der Waals surface area contributed by atoms with E-state index in [9.17, 15) is 13.2 Å². The number of hydrogen-bond acceptors (Lipinski definition) is 4. The van der Waals surface area contributed by atoms with Crippen molar-refractivity contribution in [1.82, 2.24) is 9.21 Å². The van der Waals surface area contributed by atoms with E-state index in [2.05, 4.69) is 11.8 Å². The van der Waals surface area contributed by atoms with Crippen LogP contribution in [0.5, 0.6) is 0 Å². The van der Waals surface area contributed by atoms with Gasteiger partial charge in [-0.25, -0.2) is 8.42 Å². The quantitative estimate of drug-likeness (QED) is 0.641. The highest BCUT2D eigenvalue weighted by Gasteiger charge is 2.36. The molecule has 32 heavy (non-hydrogen) atoms. The summed E-state index contributed by atoms with van der Waals surface area (Å²) in [6.07, 6.45) is 1.38. The smallest absolute Gasteiger partial charge is 0.243 e. The Hall–Kier alpha value is -1.80. The van der Waals surface area contributed by atoms with Gasteiger partial charge in [-0.1, -0.05) is 29.3 Å². The average Bonchev–Trinajstić information content (AvgIpc) is 2.81. The maximum atomic E-state index is 13.2. The number of aryl methyl sites for hydroxylation is 1. The van der Waals surface area contributed by atoms with Crippen LogP contribution in [0.1, 0.15) is 18.4 Å². The van der Waals surface area contributed by atoms with Gasteiger partial charge >= 0.3 is 0 Å². The number of piperazine rings is 1. The number of benzene rings is 2. The third-order valence-electron chi connectivity index (χ3n) is 6.29. The van der Waals surface area contributed by atoms with E-state index in [0.29, 0.717) is 42.5 Å². The third kappa shape index (κ3) is 4.91. The number of rotatable bonds is 4.